The van der Waals surface area contributed by atoms with E-state index >= 15 is 0 Å². The average Bonchev–Trinajstić information content (AvgIpc) is 3.61. The summed E-state index contributed by atoms with van der Waals surface area (Å²) in [5.41, 5.74) is 12.6. The molecule has 2 heteroatoms. The second-order valence-corrected chi connectivity index (χ2v) is 12.0. The van der Waals surface area contributed by atoms with Gasteiger partial charge in [0.2, 0.25) is 0 Å². The fourth-order valence-electron chi connectivity index (χ4n) is 7.41. The highest BCUT2D eigenvalue weighted by Gasteiger charge is 2.53. The Morgan fingerprint density at radius 1 is 0.462 bits per heavy atom. The Labute approximate surface area is 235 Å². The van der Waals surface area contributed by atoms with E-state index in [1.807, 2.05) is 23.5 Å². The lowest BCUT2D eigenvalue weighted by Crippen LogP contribution is -2.26. The van der Waals surface area contributed by atoms with E-state index in [0.29, 0.717) is 0 Å². The van der Waals surface area contributed by atoms with Crippen molar-refractivity contribution in [3.63, 3.8) is 0 Å². The van der Waals surface area contributed by atoms with Crippen molar-refractivity contribution < 1.29 is 0 Å². The van der Waals surface area contributed by atoms with Gasteiger partial charge in [0.05, 0.1) is 5.41 Å². The number of fused-ring (bicyclic) bond motifs is 14. The molecule has 0 N–H and O–H groups in total. The standard InChI is InChI=1S/C37H21ClS/c38-31-18-7-3-11-23(31)25-15-9-14-24-22-10-1-5-16-28(22)37(36(24)25)29-17-6-2-12-26(29)34-30(37)20-21-33-35(34)27-13-4-8-19-32(27)39-33/h1-21H. The lowest BCUT2D eigenvalue weighted by atomic mass is 9.68. The van der Waals surface area contributed by atoms with Crippen LogP contribution >= 0.6 is 22.9 Å². The Hall–Kier alpha value is -4.17. The lowest BCUT2D eigenvalue weighted by Gasteiger charge is -2.32. The first kappa shape index (κ1) is 21.7. The summed E-state index contributed by atoms with van der Waals surface area (Å²) in [6, 6.07) is 46.7. The molecule has 2 aliphatic rings. The van der Waals surface area contributed by atoms with Crippen LogP contribution in [-0.2, 0) is 5.41 Å². The Morgan fingerprint density at radius 3 is 1.90 bits per heavy atom. The minimum Gasteiger partial charge on any atom is -0.135 e. The van der Waals surface area contributed by atoms with Crippen LogP contribution in [0.1, 0.15) is 22.3 Å². The summed E-state index contributed by atoms with van der Waals surface area (Å²) in [6.07, 6.45) is 0. The molecule has 182 valence electrons. The predicted molar refractivity (Wildman–Crippen MR) is 166 cm³/mol. The number of halogens is 1. The molecule has 1 unspecified atom stereocenters. The summed E-state index contributed by atoms with van der Waals surface area (Å²) in [6.45, 7) is 0. The Kier molecular flexibility index (Phi) is 4.29. The van der Waals surface area contributed by atoms with E-state index in [2.05, 4.69) is 115 Å². The smallest absolute Gasteiger partial charge is 0.0731 e. The van der Waals surface area contributed by atoms with Crippen LogP contribution in [0.5, 0.6) is 0 Å². The van der Waals surface area contributed by atoms with Gasteiger partial charge in [-0.15, -0.1) is 11.3 Å². The van der Waals surface area contributed by atoms with Crippen LogP contribution in [0.4, 0.5) is 0 Å². The molecule has 0 fully saturated rings. The molecule has 7 aromatic rings. The molecule has 0 saturated carbocycles. The number of rotatable bonds is 1. The Balaban J connectivity index is 1.53. The fraction of sp³-hybridized carbons (Fsp3) is 0.0270. The average molecular weight is 533 g/mol. The van der Waals surface area contributed by atoms with Crippen LogP contribution in [0.3, 0.4) is 0 Å². The van der Waals surface area contributed by atoms with Gasteiger partial charge in [0, 0.05) is 30.8 Å². The van der Waals surface area contributed by atoms with Gasteiger partial charge in [0.25, 0.3) is 0 Å². The van der Waals surface area contributed by atoms with E-state index < -0.39 is 5.41 Å². The van der Waals surface area contributed by atoms with Gasteiger partial charge >= 0.3 is 0 Å². The third-order valence-electron chi connectivity index (χ3n) is 8.77. The third kappa shape index (κ3) is 2.60. The number of hydrogen-bond acceptors (Lipinski definition) is 1. The molecule has 9 rings (SSSR count). The molecule has 0 nitrogen and oxygen atoms in total. The molecule has 2 aliphatic carbocycles. The zero-order chi connectivity index (χ0) is 25.7. The Morgan fingerprint density at radius 2 is 1.08 bits per heavy atom. The number of hydrogen-bond donors (Lipinski definition) is 0. The van der Waals surface area contributed by atoms with E-state index in [9.17, 15) is 0 Å². The van der Waals surface area contributed by atoms with Crippen LogP contribution in [0, 0.1) is 0 Å². The molecule has 39 heavy (non-hydrogen) atoms. The summed E-state index contributed by atoms with van der Waals surface area (Å²) in [5.74, 6) is 0. The fourth-order valence-corrected chi connectivity index (χ4v) is 8.76. The first-order valence-corrected chi connectivity index (χ1v) is 14.5. The minimum absolute atomic E-state index is 0.426. The van der Waals surface area contributed by atoms with Crippen LogP contribution in [0.25, 0.3) is 53.6 Å². The maximum atomic E-state index is 6.90. The SMILES string of the molecule is Clc1ccccc1-c1cccc2c1C1(c3ccccc3-2)c2ccccc2-c2c1ccc1sc3ccccc3c21. The second-order valence-electron chi connectivity index (χ2n) is 10.5. The normalized spacial score (nSPS) is 16.4. The highest BCUT2D eigenvalue weighted by Crippen LogP contribution is 2.66. The zero-order valence-corrected chi connectivity index (χ0v) is 22.5. The molecule has 0 amide bonds. The summed E-state index contributed by atoms with van der Waals surface area (Å²) >= 11 is 8.79. The quantitative estimate of drug-likeness (QED) is 0.197. The van der Waals surface area contributed by atoms with Crippen LogP contribution in [-0.4, -0.2) is 0 Å². The molecule has 1 spiro atoms. The maximum absolute atomic E-state index is 6.90. The van der Waals surface area contributed by atoms with Crippen LogP contribution < -0.4 is 0 Å². The highest BCUT2D eigenvalue weighted by molar-refractivity contribution is 7.26. The van der Waals surface area contributed by atoms with Gasteiger partial charge in [-0.1, -0.05) is 121 Å². The van der Waals surface area contributed by atoms with Gasteiger partial charge in [-0.25, -0.2) is 0 Å². The van der Waals surface area contributed by atoms with Crippen molar-refractivity contribution in [1.82, 2.24) is 0 Å². The number of thiophene rings is 1. The molecule has 1 aromatic heterocycles. The van der Waals surface area contributed by atoms with Crippen molar-refractivity contribution >= 4 is 43.1 Å². The van der Waals surface area contributed by atoms with Gasteiger partial charge in [0.1, 0.15) is 0 Å². The lowest BCUT2D eigenvalue weighted by molar-refractivity contribution is 0.796. The first-order valence-electron chi connectivity index (χ1n) is 13.3. The monoisotopic (exact) mass is 532 g/mol. The molecule has 1 heterocycles. The molecule has 0 aliphatic heterocycles. The van der Waals surface area contributed by atoms with Crippen molar-refractivity contribution in [3.05, 3.63) is 155 Å². The summed E-state index contributed by atoms with van der Waals surface area (Å²) in [5, 5.41) is 3.49. The first-order chi connectivity index (χ1) is 19.3. The van der Waals surface area contributed by atoms with Crippen molar-refractivity contribution in [1.29, 1.82) is 0 Å². The van der Waals surface area contributed by atoms with Crippen molar-refractivity contribution in [3.8, 4) is 33.4 Å². The van der Waals surface area contributed by atoms with Crippen LogP contribution in [0.2, 0.25) is 5.02 Å². The predicted octanol–water partition coefficient (Wildman–Crippen LogP) is 10.7. The van der Waals surface area contributed by atoms with E-state index in [1.165, 1.54) is 70.2 Å². The Bertz CT molecular complexity index is 2150. The topological polar surface area (TPSA) is 0 Å². The van der Waals surface area contributed by atoms with Crippen LogP contribution in [0.15, 0.2) is 127 Å². The van der Waals surface area contributed by atoms with E-state index in [-0.39, 0.29) is 0 Å². The molecule has 6 aromatic carbocycles. The maximum Gasteiger partial charge on any atom is 0.0731 e. The van der Waals surface area contributed by atoms with E-state index in [1.54, 1.807) is 0 Å². The zero-order valence-electron chi connectivity index (χ0n) is 20.9. The second kappa shape index (κ2) is 7.70. The summed E-state index contributed by atoms with van der Waals surface area (Å²) in [7, 11) is 0. The molecular formula is C37H21ClS. The van der Waals surface area contributed by atoms with E-state index in [4.69, 9.17) is 11.6 Å². The highest BCUT2D eigenvalue weighted by atomic mass is 35.5. The summed E-state index contributed by atoms with van der Waals surface area (Å²) in [4.78, 5) is 0. The van der Waals surface area contributed by atoms with Gasteiger partial charge in [-0.3, -0.25) is 0 Å². The van der Waals surface area contributed by atoms with Gasteiger partial charge < -0.3 is 0 Å². The third-order valence-corrected chi connectivity index (χ3v) is 10.2. The van der Waals surface area contributed by atoms with Crippen molar-refractivity contribution in [2.24, 2.45) is 0 Å². The van der Waals surface area contributed by atoms with Gasteiger partial charge in [-0.05, 0) is 68.3 Å². The van der Waals surface area contributed by atoms with Crippen molar-refractivity contribution in [2.45, 2.75) is 5.41 Å². The summed E-state index contributed by atoms with van der Waals surface area (Å²) < 4.78 is 2.68. The van der Waals surface area contributed by atoms with Gasteiger partial charge in [-0.2, -0.15) is 0 Å². The van der Waals surface area contributed by atoms with Crippen molar-refractivity contribution in [2.75, 3.05) is 0 Å². The molecular weight excluding hydrogens is 512 g/mol. The molecule has 0 bridgehead atoms. The molecule has 0 saturated heterocycles. The minimum atomic E-state index is -0.426. The van der Waals surface area contributed by atoms with Gasteiger partial charge in [0.15, 0.2) is 0 Å². The molecule has 1 atom stereocenters. The van der Waals surface area contributed by atoms with E-state index in [0.717, 1.165) is 10.6 Å². The number of benzene rings is 6. The largest absolute Gasteiger partial charge is 0.135 e. The molecule has 0 radical (unpaired) electrons.